The molecule has 0 bridgehead atoms. The molecular weight excluding hydrogens is 348 g/mol. The summed E-state index contributed by atoms with van der Waals surface area (Å²) in [7, 11) is 0. The predicted octanol–water partition coefficient (Wildman–Crippen LogP) is 3.56. The summed E-state index contributed by atoms with van der Waals surface area (Å²) in [6.45, 7) is 3.12. The number of carbonyl (C=O) groups excluding carboxylic acids is 1. The van der Waals surface area contributed by atoms with E-state index in [9.17, 15) is 19.7 Å². The van der Waals surface area contributed by atoms with Gasteiger partial charge in [-0.05, 0) is 29.9 Å². The van der Waals surface area contributed by atoms with Crippen LogP contribution in [0.2, 0.25) is 0 Å². The Bertz CT molecular complexity index is 849. The van der Waals surface area contributed by atoms with E-state index in [2.05, 4.69) is 19.1 Å². The average molecular weight is 368 g/mol. The highest BCUT2D eigenvalue weighted by Gasteiger charge is 2.31. The molecule has 0 radical (unpaired) electrons. The first kappa shape index (κ1) is 18.6. The zero-order valence-electron chi connectivity index (χ0n) is 14.9. The molecule has 140 valence electrons. The van der Waals surface area contributed by atoms with Crippen LogP contribution < -0.4 is 0 Å². The molecule has 27 heavy (non-hydrogen) atoms. The molecule has 0 aliphatic carbocycles. The minimum absolute atomic E-state index is 0.0342. The largest absolute Gasteiger partial charge is 0.478 e. The van der Waals surface area contributed by atoms with Gasteiger partial charge in [0.15, 0.2) is 0 Å². The Hall–Kier alpha value is -3.22. The maximum absolute atomic E-state index is 12.8. The van der Waals surface area contributed by atoms with Gasteiger partial charge in [-0.15, -0.1) is 0 Å². The molecule has 1 N–H and O–H groups in total. The minimum atomic E-state index is -1.30. The van der Waals surface area contributed by atoms with Crippen LogP contribution in [0.25, 0.3) is 0 Å². The van der Waals surface area contributed by atoms with Gasteiger partial charge in [-0.2, -0.15) is 0 Å². The van der Waals surface area contributed by atoms with Gasteiger partial charge in [0.05, 0.1) is 10.5 Å². The Morgan fingerprint density at radius 1 is 1.15 bits per heavy atom. The second-order valence-corrected chi connectivity index (χ2v) is 6.87. The van der Waals surface area contributed by atoms with Gasteiger partial charge in [-0.3, -0.25) is 14.9 Å². The number of aromatic carboxylic acids is 1. The van der Waals surface area contributed by atoms with E-state index in [4.69, 9.17) is 5.11 Å². The summed E-state index contributed by atoms with van der Waals surface area (Å²) in [6.07, 6.45) is 0.789. The van der Waals surface area contributed by atoms with Gasteiger partial charge in [0.2, 0.25) is 0 Å². The van der Waals surface area contributed by atoms with Crippen molar-refractivity contribution in [2.75, 3.05) is 13.1 Å². The molecule has 0 spiro atoms. The van der Waals surface area contributed by atoms with Crippen molar-refractivity contribution in [3.8, 4) is 0 Å². The van der Waals surface area contributed by atoms with E-state index in [1.165, 1.54) is 11.6 Å². The molecule has 2 aromatic carbocycles. The zero-order valence-corrected chi connectivity index (χ0v) is 14.9. The molecule has 0 saturated carbocycles. The van der Waals surface area contributed by atoms with Gasteiger partial charge < -0.3 is 10.0 Å². The number of non-ortho nitro benzene ring substituents is 1. The molecular formula is C20H20N2O5. The van der Waals surface area contributed by atoms with Crippen LogP contribution in [0.5, 0.6) is 0 Å². The third kappa shape index (κ3) is 3.97. The first-order chi connectivity index (χ1) is 12.9. The third-order valence-corrected chi connectivity index (χ3v) is 5.04. The second kappa shape index (κ2) is 7.57. The number of amides is 1. The topological polar surface area (TPSA) is 101 Å². The number of piperidine rings is 1. The number of nitro benzene ring substituents is 1. The number of likely N-dealkylation sites (tertiary alicyclic amines) is 1. The van der Waals surface area contributed by atoms with E-state index in [0.29, 0.717) is 19.0 Å². The van der Waals surface area contributed by atoms with Gasteiger partial charge in [0.25, 0.3) is 11.6 Å². The number of benzene rings is 2. The van der Waals surface area contributed by atoms with E-state index in [-0.39, 0.29) is 23.0 Å². The molecule has 1 aliphatic rings. The van der Waals surface area contributed by atoms with E-state index in [1.807, 2.05) is 18.2 Å². The number of nitro groups is 1. The number of hydrogen-bond acceptors (Lipinski definition) is 4. The van der Waals surface area contributed by atoms with E-state index < -0.39 is 16.6 Å². The van der Waals surface area contributed by atoms with Crippen molar-refractivity contribution in [3.63, 3.8) is 0 Å². The van der Waals surface area contributed by atoms with E-state index >= 15 is 0 Å². The number of nitrogens with zero attached hydrogens (tertiary/aromatic N) is 2. The average Bonchev–Trinajstić information content (AvgIpc) is 2.67. The van der Waals surface area contributed by atoms with Gasteiger partial charge in [0, 0.05) is 30.8 Å². The summed E-state index contributed by atoms with van der Waals surface area (Å²) in [4.78, 5) is 36.1. The molecule has 1 saturated heterocycles. The summed E-state index contributed by atoms with van der Waals surface area (Å²) in [5, 5.41) is 20.2. The van der Waals surface area contributed by atoms with Gasteiger partial charge >= 0.3 is 5.97 Å². The third-order valence-electron chi connectivity index (χ3n) is 5.04. The Kier molecular flexibility index (Phi) is 5.21. The monoisotopic (exact) mass is 368 g/mol. The normalized spacial score (nSPS) is 19.5. The lowest BCUT2D eigenvalue weighted by molar-refractivity contribution is -0.384. The smallest absolute Gasteiger partial charge is 0.335 e. The summed E-state index contributed by atoms with van der Waals surface area (Å²) >= 11 is 0. The van der Waals surface area contributed by atoms with Crippen LogP contribution in [0.1, 0.15) is 45.5 Å². The van der Waals surface area contributed by atoms with Crippen LogP contribution in [0.4, 0.5) is 5.69 Å². The summed E-state index contributed by atoms with van der Waals surface area (Å²) in [6, 6.07) is 13.4. The number of carboxylic acids is 1. The van der Waals surface area contributed by atoms with Crippen LogP contribution in [-0.4, -0.2) is 39.9 Å². The molecule has 1 aliphatic heterocycles. The fourth-order valence-electron chi connectivity index (χ4n) is 3.67. The Morgan fingerprint density at radius 3 is 2.41 bits per heavy atom. The standard InChI is InChI=1S/C20H20N2O5/c1-13-12-21(8-7-18(13)14-5-3-2-4-6-14)19(23)15-9-16(20(24)25)11-17(10-15)22(26)27/h2-6,9-11,13,18H,7-8,12H2,1H3,(H,24,25). The molecule has 2 atom stereocenters. The van der Waals surface area contributed by atoms with Crippen LogP contribution in [0, 0.1) is 16.0 Å². The summed E-state index contributed by atoms with van der Waals surface area (Å²) < 4.78 is 0. The molecule has 0 aromatic heterocycles. The molecule has 1 amide bonds. The zero-order chi connectivity index (χ0) is 19.6. The van der Waals surface area contributed by atoms with Crippen LogP contribution in [-0.2, 0) is 0 Å². The van der Waals surface area contributed by atoms with Gasteiger partial charge in [-0.25, -0.2) is 4.79 Å². The number of hydrogen-bond donors (Lipinski definition) is 1. The lowest BCUT2D eigenvalue weighted by atomic mass is 9.81. The van der Waals surface area contributed by atoms with Crippen molar-refractivity contribution in [3.05, 3.63) is 75.3 Å². The Labute approximate surface area is 156 Å². The SMILES string of the molecule is CC1CN(C(=O)c2cc(C(=O)O)cc([N+](=O)[O-])c2)CCC1c1ccccc1. The lowest BCUT2D eigenvalue weighted by Gasteiger charge is -2.37. The van der Waals surface area contributed by atoms with Crippen molar-refractivity contribution < 1.29 is 19.6 Å². The van der Waals surface area contributed by atoms with E-state index in [1.54, 1.807) is 4.90 Å². The first-order valence-electron chi connectivity index (χ1n) is 8.74. The molecule has 7 heteroatoms. The highest BCUT2D eigenvalue weighted by atomic mass is 16.6. The highest BCUT2D eigenvalue weighted by molar-refractivity contribution is 5.98. The van der Waals surface area contributed by atoms with Gasteiger partial charge in [-0.1, -0.05) is 37.3 Å². The van der Waals surface area contributed by atoms with Crippen molar-refractivity contribution in [2.24, 2.45) is 5.92 Å². The van der Waals surface area contributed by atoms with Crippen molar-refractivity contribution in [1.82, 2.24) is 4.90 Å². The van der Waals surface area contributed by atoms with Crippen LogP contribution in [0.3, 0.4) is 0 Å². The van der Waals surface area contributed by atoms with E-state index in [0.717, 1.165) is 18.6 Å². The minimum Gasteiger partial charge on any atom is -0.478 e. The summed E-state index contributed by atoms with van der Waals surface area (Å²) in [5.74, 6) is -1.11. The number of carbonyl (C=O) groups is 2. The van der Waals surface area contributed by atoms with Crippen LogP contribution in [0.15, 0.2) is 48.5 Å². The number of carboxylic acid groups (broad SMARTS) is 1. The Balaban J connectivity index is 1.81. The molecule has 2 unspecified atom stereocenters. The number of rotatable bonds is 4. The summed E-state index contributed by atoms with van der Waals surface area (Å²) in [5.41, 5.74) is 0.609. The van der Waals surface area contributed by atoms with Crippen molar-refractivity contribution in [1.29, 1.82) is 0 Å². The fourth-order valence-corrected chi connectivity index (χ4v) is 3.67. The van der Waals surface area contributed by atoms with Crippen molar-refractivity contribution >= 4 is 17.6 Å². The molecule has 3 rings (SSSR count). The Morgan fingerprint density at radius 2 is 1.81 bits per heavy atom. The first-order valence-corrected chi connectivity index (χ1v) is 8.74. The second-order valence-electron chi connectivity index (χ2n) is 6.87. The molecule has 1 heterocycles. The van der Waals surface area contributed by atoms with Crippen LogP contribution >= 0.6 is 0 Å². The maximum atomic E-state index is 12.8. The molecule has 2 aromatic rings. The predicted molar refractivity (Wildman–Crippen MR) is 98.9 cm³/mol. The van der Waals surface area contributed by atoms with Crippen molar-refractivity contribution in [2.45, 2.75) is 19.3 Å². The fraction of sp³-hybridized carbons (Fsp3) is 0.300. The highest BCUT2D eigenvalue weighted by Crippen LogP contribution is 2.33. The molecule has 7 nitrogen and oxygen atoms in total. The quantitative estimate of drug-likeness (QED) is 0.657. The lowest BCUT2D eigenvalue weighted by Crippen LogP contribution is -2.42. The van der Waals surface area contributed by atoms with Gasteiger partial charge in [0.1, 0.15) is 0 Å². The molecule has 1 fully saturated rings. The maximum Gasteiger partial charge on any atom is 0.335 e.